The van der Waals surface area contributed by atoms with E-state index < -0.39 is 0 Å². The number of nitrogens with zero attached hydrogens (tertiary/aromatic N) is 1. The minimum absolute atomic E-state index is 0.0133. The van der Waals surface area contributed by atoms with Crippen LogP contribution in [0.1, 0.15) is 45.9 Å². The molecular formula is C22H20N2O5. The number of benzene rings is 2. The first kappa shape index (κ1) is 18.7. The zero-order valence-electron chi connectivity index (χ0n) is 16.1. The number of imide groups is 1. The van der Waals surface area contributed by atoms with E-state index >= 15 is 0 Å². The zero-order valence-corrected chi connectivity index (χ0v) is 16.1. The van der Waals surface area contributed by atoms with Crippen LogP contribution in [0.4, 0.5) is 0 Å². The minimum Gasteiger partial charge on any atom is -0.493 e. The van der Waals surface area contributed by atoms with Gasteiger partial charge in [-0.3, -0.25) is 19.3 Å². The van der Waals surface area contributed by atoms with Crippen molar-refractivity contribution in [1.29, 1.82) is 0 Å². The van der Waals surface area contributed by atoms with Crippen LogP contribution in [0.2, 0.25) is 0 Å². The summed E-state index contributed by atoms with van der Waals surface area (Å²) in [5.74, 6) is 0.213. The molecule has 0 aliphatic carbocycles. The molecular weight excluding hydrogens is 372 g/mol. The van der Waals surface area contributed by atoms with Crippen LogP contribution in [0.25, 0.3) is 11.0 Å². The van der Waals surface area contributed by atoms with Crippen molar-refractivity contribution in [2.45, 2.75) is 19.4 Å². The lowest BCUT2D eigenvalue weighted by Gasteiger charge is -2.15. The van der Waals surface area contributed by atoms with Gasteiger partial charge in [0.2, 0.25) is 5.91 Å². The number of ether oxygens (including phenoxy) is 1. The standard InChI is InChI=1S/C22H20N2O5/c1-13(18-12-14-6-5-9-17(28-2)20(14)29-18)23-19(25)10-11-24-21(26)15-7-3-4-8-16(15)22(24)27/h3-9,12-13H,10-11H2,1-2H3,(H,23,25). The SMILES string of the molecule is COc1cccc2cc(C(C)NC(=O)CCN3C(=O)c4ccccc4C3=O)oc12. The summed E-state index contributed by atoms with van der Waals surface area (Å²) in [5.41, 5.74) is 1.38. The Morgan fingerprint density at radius 2 is 1.79 bits per heavy atom. The van der Waals surface area contributed by atoms with Gasteiger partial charge >= 0.3 is 0 Å². The van der Waals surface area contributed by atoms with Gasteiger partial charge < -0.3 is 14.5 Å². The molecule has 3 amide bonds. The summed E-state index contributed by atoms with van der Waals surface area (Å²) in [6.07, 6.45) is 0.0133. The number of para-hydroxylation sites is 1. The monoisotopic (exact) mass is 392 g/mol. The first-order valence-corrected chi connectivity index (χ1v) is 9.30. The van der Waals surface area contributed by atoms with E-state index in [2.05, 4.69) is 5.32 Å². The molecule has 0 radical (unpaired) electrons. The van der Waals surface area contributed by atoms with Crippen molar-refractivity contribution in [1.82, 2.24) is 10.2 Å². The summed E-state index contributed by atoms with van der Waals surface area (Å²) < 4.78 is 11.1. The number of carbonyl (C=O) groups excluding carboxylic acids is 3. The Morgan fingerprint density at radius 3 is 2.45 bits per heavy atom. The van der Waals surface area contributed by atoms with Crippen molar-refractivity contribution in [3.63, 3.8) is 0 Å². The third-order valence-corrected chi connectivity index (χ3v) is 4.99. The van der Waals surface area contributed by atoms with Crippen molar-refractivity contribution in [3.8, 4) is 5.75 Å². The van der Waals surface area contributed by atoms with Gasteiger partial charge in [-0.05, 0) is 31.2 Å². The minimum atomic E-state index is -0.373. The number of methoxy groups -OCH3 is 1. The van der Waals surface area contributed by atoms with Crippen LogP contribution < -0.4 is 10.1 Å². The highest BCUT2D eigenvalue weighted by Gasteiger charge is 2.35. The summed E-state index contributed by atoms with van der Waals surface area (Å²) in [6, 6.07) is 13.7. The molecule has 2 heterocycles. The van der Waals surface area contributed by atoms with Gasteiger partial charge in [-0.15, -0.1) is 0 Å². The van der Waals surface area contributed by atoms with Crippen LogP contribution in [0, 0.1) is 0 Å². The van der Waals surface area contributed by atoms with Gasteiger partial charge in [-0.2, -0.15) is 0 Å². The van der Waals surface area contributed by atoms with Crippen LogP contribution in [0.3, 0.4) is 0 Å². The van der Waals surface area contributed by atoms with E-state index in [1.807, 2.05) is 25.1 Å². The molecule has 0 fully saturated rings. The Morgan fingerprint density at radius 1 is 1.10 bits per heavy atom. The number of hydrogen-bond donors (Lipinski definition) is 1. The van der Waals surface area contributed by atoms with Gasteiger partial charge in [0.1, 0.15) is 5.76 Å². The van der Waals surface area contributed by atoms with Gasteiger partial charge in [0.25, 0.3) is 11.8 Å². The first-order chi connectivity index (χ1) is 14.0. The molecule has 0 spiro atoms. The Kier molecular flexibility index (Phi) is 4.80. The molecule has 4 rings (SSSR count). The highest BCUT2D eigenvalue weighted by molar-refractivity contribution is 6.21. The first-order valence-electron chi connectivity index (χ1n) is 9.30. The Bertz CT molecular complexity index is 1080. The summed E-state index contributed by atoms with van der Waals surface area (Å²) in [4.78, 5) is 38.2. The normalized spacial score (nSPS) is 14.2. The summed E-state index contributed by atoms with van der Waals surface area (Å²) in [5, 5.41) is 3.73. The molecule has 1 aliphatic heterocycles. The largest absolute Gasteiger partial charge is 0.493 e. The quantitative estimate of drug-likeness (QED) is 0.650. The number of hydrogen-bond acceptors (Lipinski definition) is 5. The zero-order chi connectivity index (χ0) is 20.5. The van der Waals surface area contributed by atoms with Crippen LogP contribution in [-0.2, 0) is 4.79 Å². The van der Waals surface area contributed by atoms with Crippen LogP contribution in [0.5, 0.6) is 5.75 Å². The molecule has 1 unspecified atom stereocenters. The van der Waals surface area contributed by atoms with Gasteiger partial charge in [-0.1, -0.05) is 24.3 Å². The molecule has 29 heavy (non-hydrogen) atoms. The summed E-state index contributed by atoms with van der Waals surface area (Å²) in [7, 11) is 1.57. The fraction of sp³-hybridized carbons (Fsp3) is 0.227. The molecule has 3 aromatic rings. The van der Waals surface area contributed by atoms with E-state index in [9.17, 15) is 14.4 Å². The molecule has 1 aromatic heterocycles. The van der Waals surface area contributed by atoms with Crippen molar-refractivity contribution in [3.05, 3.63) is 65.4 Å². The van der Waals surface area contributed by atoms with Crippen molar-refractivity contribution < 1.29 is 23.5 Å². The van der Waals surface area contributed by atoms with Gasteiger partial charge in [0.15, 0.2) is 11.3 Å². The molecule has 1 atom stereocenters. The molecule has 148 valence electrons. The molecule has 0 saturated carbocycles. The second-order valence-electron chi connectivity index (χ2n) is 6.87. The summed E-state index contributed by atoms with van der Waals surface area (Å²) >= 11 is 0. The van der Waals surface area contributed by atoms with E-state index in [-0.39, 0.29) is 36.7 Å². The van der Waals surface area contributed by atoms with Gasteiger partial charge in [0, 0.05) is 18.4 Å². The molecule has 1 N–H and O–H groups in total. The molecule has 7 heteroatoms. The Hall–Kier alpha value is -3.61. The van der Waals surface area contributed by atoms with Crippen LogP contribution >= 0.6 is 0 Å². The van der Waals surface area contributed by atoms with Gasteiger partial charge in [-0.25, -0.2) is 0 Å². The van der Waals surface area contributed by atoms with Gasteiger partial charge in [0.05, 0.1) is 24.3 Å². The maximum Gasteiger partial charge on any atom is 0.261 e. The second kappa shape index (κ2) is 7.43. The molecule has 2 aromatic carbocycles. The Labute approximate surface area is 167 Å². The molecule has 1 aliphatic rings. The predicted octanol–water partition coefficient (Wildman–Crippen LogP) is 3.30. The topological polar surface area (TPSA) is 88.9 Å². The Balaban J connectivity index is 1.39. The molecule has 0 bridgehead atoms. The number of fused-ring (bicyclic) bond motifs is 2. The fourth-order valence-electron chi connectivity index (χ4n) is 3.47. The smallest absolute Gasteiger partial charge is 0.261 e. The fourth-order valence-corrected chi connectivity index (χ4v) is 3.47. The van der Waals surface area contributed by atoms with Crippen molar-refractivity contribution in [2.24, 2.45) is 0 Å². The number of nitrogens with one attached hydrogen (secondary N) is 1. The third kappa shape index (κ3) is 3.35. The lowest BCUT2D eigenvalue weighted by Crippen LogP contribution is -2.35. The number of amides is 3. The maximum absolute atomic E-state index is 12.4. The average Bonchev–Trinajstić information content (AvgIpc) is 3.27. The highest BCUT2D eigenvalue weighted by atomic mass is 16.5. The third-order valence-electron chi connectivity index (χ3n) is 4.99. The van der Waals surface area contributed by atoms with Crippen molar-refractivity contribution in [2.75, 3.05) is 13.7 Å². The molecule has 7 nitrogen and oxygen atoms in total. The van der Waals surface area contributed by atoms with Crippen LogP contribution in [-0.4, -0.2) is 36.3 Å². The number of furan rings is 1. The van der Waals surface area contributed by atoms with E-state index in [0.29, 0.717) is 28.2 Å². The lowest BCUT2D eigenvalue weighted by atomic mass is 10.1. The lowest BCUT2D eigenvalue weighted by molar-refractivity contribution is -0.121. The maximum atomic E-state index is 12.4. The number of carbonyl (C=O) groups is 3. The van der Waals surface area contributed by atoms with Crippen molar-refractivity contribution >= 4 is 28.7 Å². The van der Waals surface area contributed by atoms with E-state index in [0.717, 1.165) is 10.3 Å². The summed E-state index contributed by atoms with van der Waals surface area (Å²) in [6.45, 7) is 1.84. The van der Waals surface area contributed by atoms with E-state index in [4.69, 9.17) is 9.15 Å². The van der Waals surface area contributed by atoms with E-state index in [1.165, 1.54) is 0 Å². The predicted molar refractivity (Wildman–Crippen MR) is 106 cm³/mol. The average molecular weight is 392 g/mol. The highest BCUT2D eigenvalue weighted by Crippen LogP contribution is 2.31. The van der Waals surface area contributed by atoms with Crippen LogP contribution in [0.15, 0.2) is 52.9 Å². The second-order valence-corrected chi connectivity index (χ2v) is 6.87. The van der Waals surface area contributed by atoms with E-state index in [1.54, 1.807) is 37.4 Å². The molecule has 0 saturated heterocycles. The number of rotatable bonds is 6.